The Morgan fingerprint density at radius 3 is 2.53 bits per heavy atom. The zero-order chi connectivity index (χ0) is 23.1. The summed E-state index contributed by atoms with van der Waals surface area (Å²) in [5.41, 5.74) is 0.787. The molecule has 8 heteroatoms. The number of para-hydroxylation sites is 2. The number of nitrogens with zero attached hydrogens (tertiary/aromatic N) is 1. The molecule has 0 aromatic heterocycles. The van der Waals surface area contributed by atoms with Gasteiger partial charge in [-0.15, -0.1) is 6.58 Å². The van der Waals surface area contributed by atoms with Crippen molar-refractivity contribution in [1.29, 1.82) is 0 Å². The Bertz CT molecular complexity index is 1230. The second-order valence-corrected chi connectivity index (χ2v) is 8.58. The van der Waals surface area contributed by atoms with Gasteiger partial charge in [-0.1, -0.05) is 42.5 Å². The number of halogens is 1. The van der Waals surface area contributed by atoms with Gasteiger partial charge in [0.15, 0.2) is 0 Å². The van der Waals surface area contributed by atoms with Crippen LogP contribution in [0.25, 0.3) is 0 Å². The van der Waals surface area contributed by atoms with Crippen molar-refractivity contribution in [3.8, 4) is 5.75 Å². The van der Waals surface area contributed by atoms with Crippen LogP contribution < -0.4 is 9.46 Å². The van der Waals surface area contributed by atoms with E-state index in [9.17, 15) is 17.6 Å². The minimum atomic E-state index is -3.99. The van der Waals surface area contributed by atoms with E-state index in [1.165, 1.54) is 48.4 Å². The molecule has 0 spiro atoms. The molecule has 3 aromatic carbocycles. The van der Waals surface area contributed by atoms with Gasteiger partial charge in [0.05, 0.1) is 17.7 Å². The van der Waals surface area contributed by atoms with E-state index < -0.39 is 21.7 Å². The van der Waals surface area contributed by atoms with E-state index in [2.05, 4.69) is 11.3 Å². The van der Waals surface area contributed by atoms with E-state index in [0.29, 0.717) is 11.3 Å². The summed E-state index contributed by atoms with van der Waals surface area (Å²) in [5.74, 6) is -0.500. The minimum absolute atomic E-state index is 0.0218. The van der Waals surface area contributed by atoms with Crippen molar-refractivity contribution in [1.82, 2.24) is 4.90 Å². The van der Waals surface area contributed by atoms with Crippen LogP contribution in [0.3, 0.4) is 0 Å². The van der Waals surface area contributed by atoms with Gasteiger partial charge in [-0.2, -0.15) is 0 Å². The first-order valence-electron chi connectivity index (χ1n) is 9.75. The molecular formula is C24H23FN2O4S. The van der Waals surface area contributed by atoms with Crippen LogP contribution in [0.1, 0.15) is 15.9 Å². The van der Waals surface area contributed by atoms with E-state index in [-0.39, 0.29) is 29.2 Å². The van der Waals surface area contributed by atoms with Crippen LogP contribution >= 0.6 is 0 Å². The average molecular weight is 455 g/mol. The maximum atomic E-state index is 14.1. The topological polar surface area (TPSA) is 75.7 Å². The number of amides is 1. The fourth-order valence-electron chi connectivity index (χ4n) is 3.12. The van der Waals surface area contributed by atoms with Gasteiger partial charge < -0.3 is 9.64 Å². The van der Waals surface area contributed by atoms with Gasteiger partial charge in [0.1, 0.15) is 11.6 Å². The van der Waals surface area contributed by atoms with Crippen LogP contribution in [0.4, 0.5) is 10.1 Å². The van der Waals surface area contributed by atoms with Gasteiger partial charge in [-0.3, -0.25) is 9.52 Å². The summed E-state index contributed by atoms with van der Waals surface area (Å²) in [7, 11) is -2.55. The molecule has 1 amide bonds. The lowest BCUT2D eigenvalue weighted by Gasteiger charge is -2.22. The highest BCUT2D eigenvalue weighted by molar-refractivity contribution is 7.92. The van der Waals surface area contributed by atoms with Crippen LogP contribution in [0, 0.1) is 5.82 Å². The van der Waals surface area contributed by atoms with Gasteiger partial charge in [0.25, 0.3) is 15.9 Å². The molecule has 6 nitrogen and oxygen atoms in total. The SMILES string of the molecule is C=CCN(Cc1ccccc1F)C(=O)c1cccc(S(=O)(=O)Nc2ccccc2OC)c1. The summed E-state index contributed by atoms with van der Waals surface area (Å²) in [5, 5.41) is 0. The molecule has 0 aliphatic carbocycles. The Hall–Kier alpha value is -3.65. The predicted octanol–water partition coefficient (Wildman–Crippen LogP) is 4.46. The number of hydrogen-bond acceptors (Lipinski definition) is 4. The number of anilines is 1. The minimum Gasteiger partial charge on any atom is -0.495 e. The molecule has 0 fully saturated rings. The molecule has 3 aromatic rings. The molecule has 1 N–H and O–H groups in total. The molecule has 0 saturated carbocycles. The fourth-order valence-corrected chi connectivity index (χ4v) is 4.23. The molecular weight excluding hydrogens is 431 g/mol. The van der Waals surface area contributed by atoms with Gasteiger partial charge in [0, 0.05) is 24.2 Å². The molecule has 0 heterocycles. The summed E-state index contributed by atoms with van der Waals surface area (Å²) in [4.78, 5) is 14.4. The highest BCUT2D eigenvalue weighted by Gasteiger charge is 2.21. The number of carbonyl (C=O) groups is 1. The average Bonchev–Trinajstić information content (AvgIpc) is 2.80. The van der Waals surface area contributed by atoms with E-state index in [1.807, 2.05) is 0 Å². The zero-order valence-corrected chi connectivity index (χ0v) is 18.3. The number of sulfonamides is 1. The second kappa shape index (κ2) is 10.1. The predicted molar refractivity (Wildman–Crippen MR) is 122 cm³/mol. The molecule has 0 unspecified atom stereocenters. The summed E-state index contributed by atoms with van der Waals surface area (Å²) in [6, 6.07) is 18.5. The first-order chi connectivity index (χ1) is 15.4. The molecule has 0 atom stereocenters. The van der Waals surface area contributed by atoms with Crippen molar-refractivity contribution >= 4 is 21.6 Å². The second-order valence-electron chi connectivity index (χ2n) is 6.90. The Labute approximate surface area is 187 Å². The Kier molecular flexibility index (Phi) is 7.27. The lowest BCUT2D eigenvalue weighted by Crippen LogP contribution is -2.31. The summed E-state index contributed by atoms with van der Waals surface area (Å²) in [6.07, 6.45) is 1.53. The first-order valence-corrected chi connectivity index (χ1v) is 11.2. The van der Waals surface area contributed by atoms with Crippen molar-refractivity contribution in [2.45, 2.75) is 11.4 Å². The number of hydrogen-bond donors (Lipinski definition) is 1. The van der Waals surface area contributed by atoms with Crippen LogP contribution in [0.5, 0.6) is 5.75 Å². The van der Waals surface area contributed by atoms with Crippen LogP contribution in [-0.4, -0.2) is 32.9 Å². The number of methoxy groups -OCH3 is 1. The maximum absolute atomic E-state index is 14.1. The number of nitrogens with one attached hydrogen (secondary N) is 1. The van der Waals surface area contributed by atoms with E-state index in [0.717, 1.165) is 0 Å². The maximum Gasteiger partial charge on any atom is 0.262 e. The van der Waals surface area contributed by atoms with E-state index in [4.69, 9.17) is 4.74 Å². The highest BCUT2D eigenvalue weighted by Crippen LogP contribution is 2.26. The molecule has 32 heavy (non-hydrogen) atoms. The number of benzene rings is 3. The van der Waals surface area contributed by atoms with Crippen molar-refractivity contribution in [3.05, 3.63) is 102 Å². The van der Waals surface area contributed by atoms with Gasteiger partial charge in [-0.25, -0.2) is 12.8 Å². The summed E-state index contributed by atoms with van der Waals surface area (Å²) < 4.78 is 47.6. The molecule has 3 rings (SSSR count). The third-order valence-electron chi connectivity index (χ3n) is 4.70. The van der Waals surface area contributed by atoms with Crippen molar-refractivity contribution in [3.63, 3.8) is 0 Å². The summed E-state index contributed by atoms with van der Waals surface area (Å²) >= 11 is 0. The third kappa shape index (κ3) is 5.33. The molecule has 0 aliphatic rings. The van der Waals surface area contributed by atoms with Gasteiger partial charge >= 0.3 is 0 Å². The molecule has 0 aliphatic heterocycles. The van der Waals surface area contributed by atoms with Crippen LogP contribution in [0.15, 0.2) is 90.3 Å². The molecule has 0 bridgehead atoms. The third-order valence-corrected chi connectivity index (χ3v) is 6.06. The lowest BCUT2D eigenvalue weighted by atomic mass is 10.1. The first kappa shape index (κ1) is 23.0. The van der Waals surface area contributed by atoms with E-state index >= 15 is 0 Å². The molecule has 0 radical (unpaired) electrons. The zero-order valence-electron chi connectivity index (χ0n) is 17.5. The normalized spacial score (nSPS) is 10.9. The standard InChI is InChI=1S/C24H23FN2O4S/c1-3-15-27(17-19-9-4-5-12-21(19)25)24(28)18-10-8-11-20(16-18)32(29,30)26-22-13-6-7-14-23(22)31-2/h3-14,16,26H,1,15,17H2,2H3. The van der Waals surface area contributed by atoms with Crippen LogP contribution in [-0.2, 0) is 16.6 Å². The Morgan fingerprint density at radius 2 is 1.81 bits per heavy atom. The van der Waals surface area contributed by atoms with E-state index in [1.54, 1.807) is 42.5 Å². The summed E-state index contributed by atoms with van der Waals surface area (Å²) in [6.45, 7) is 3.85. The Balaban J connectivity index is 1.88. The number of ether oxygens (including phenoxy) is 1. The van der Waals surface area contributed by atoms with Crippen molar-refractivity contribution in [2.75, 3.05) is 18.4 Å². The monoisotopic (exact) mass is 454 g/mol. The van der Waals surface area contributed by atoms with Crippen molar-refractivity contribution in [2.24, 2.45) is 0 Å². The quantitative estimate of drug-likeness (QED) is 0.484. The highest BCUT2D eigenvalue weighted by atomic mass is 32.2. The molecule has 166 valence electrons. The number of carbonyl (C=O) groups excluding carboxylic acids is 1. The number of rotatable bonds is 9. The smallest absolute Gasteiger partial charge is 0.262 e. The largest absolute Gasteiger partial charge is 0.495 e. The molecule has 0 saturated heterocycles. The van der Waals surface area contributed by atoms with Gasteiger partial charge in [-0.05, 0) is 36.4 Å². The van der Waals surface area contributed by atoms with Crippen molar-refractivity contribution < 1.29 is 22.3 Å². The lowest BCUT2D eigenvalue weighted by molar-refractivity contribution is 0.0761. The fraction of sp³-hybridized carbons (Fsp3) is 0.125. The van der Waals surface area contributed by atoms with Crippen LogP contribution in [0.2, 0.25) is 0 Å². The Morgan fingerprint density at radius 1 is 1.09 bits per heavy atom. The van der Waals surface area contributed by atoms with Gasteiger partial charge in [0.2, 0.25) is 0 Å².